The van der Waals surface area contributed by atoms with Crippen molar-refractivity contribution in [2.45, 2.75) is 23.1 Å². The lowest BCUT2D eigenvalue weighted by Gasteiger charge is -2.29. The van der Waals surface area contributed by atoms with Crippen LogP contribution in [0, 0.1) is 0 Å². The van der Waals surface area contributed by atoms with E-state index in [9.17, 15) is 4.79 Å². The number of rotatable bonds is 0. The maximum Gasteiger partial charge on any atom is 0.274 e. The van der Waals surface area contributed by atoms with Gasteiger partial charge in [-0.05, 0) is 19.3 Å². The zero-order chi connectivity index (χ0) is 9.19. The lowest BCUT2D eigenvalue weighted by molar-refractivity contribution is -0.131. The molecule has 1 fully saturated rings. The Bertz CT molecular complexity index is 172. The molecular weight excluding hydrogens is 220 g/mol. The maximum absolute atomic E-state index is 11.3. The van der Waals surface area contributed by atoms with Gasteiger partial charge in [-0.25, -0.2) is 0 Å². The molecule has 1 aliphatic heterocycles. The molecule has 0 aromatic heterocycles. The molecule has 1 aliphatic rings. The quantitative estimate of drug-likeness (QED) is 0.585. The third kappa shape index (κ3) is 2.68. The molecule has 1 rings (SSSR count). The topological polar surface area (TPSA) is 20.3 Å². The minimum absolute atomic E-state index is 0.396. The standard InChI is InChI=1S/C7H10Cl3NO/c8-7(9,10)6(12)11-4-2-1-3-5-11/h1-5H2. The highest BCUT2D eigenvalue weighted by Crippen LogP contribution is 2.29. The van der Waals surface area contributed by atoms with Crippen LogP contribution in [-0.2, 0) is 4.79 Å². The van der Waals surface area contributed by atoms with Gasteiger partial charge in [0.2, 0.25) is 0 Å². The van der Waals surface area contributed by atoms with Crippen LogP contribution < -0.4 is 0 Å². The van der Waals surface area contributed by atoms with Crippen molar-refractivity contribution in [1.82, 2.24) is 4.90 Å². The van der Waals surface area contributed by atoms with Crippen molar-refractivity contribution in [3.05, 3.63) is 0 Å². The number of halogens is 3. The van der Waals surface area contributed by atoms with Crippen molar-refractivity contribution in [2.75, 3.05) is 13.1 Å². The second-order valence-corrected chi connectivity index (χ2v) is 5.13. The van der Waals surface area contributed by atoms with Gasteiger partial charge in [0.25, 0.3) is 9.70 Å². The predicted octanol–water partition coefficient (Wildman–Crippen LogP) is 2.37. The summed E-state index contributed by atoms with van der Waals surface area (Å²) in [7, 11) is 0. The first-order valence-electron chi connectivity index (χ1n) is 3.88. The smallest absolute Gasteiger partial charge is 0.274 e. The Kier molecular flexibility index (Phi) is 3.50. The molecule has 2 nitrogen and oxygen atoms in total. The number of alkyl halides is 3. The number of nitrogens with zero attached hydrogens (tertiary/aromatic N) is 1. The SMILES string of the molecule is O=C(N1CCCCC1)C(Cl)(Cl)Cl. The van der Waals surface area contributed by atoms with Crippen LogP contribution in [0.3, 0.4) is 0 Å². The summed E-state index contributed by atoms with van der Waals surface area (Å²) in [5.74, 6) is -0.396. The van der Waals surface area contributed by atoms with E-state index in [1.807, 2.05) is 0 Å². The zero-order valence-corrected chi connectivity index (χ0v) is 8.79. The highest BCUT2D eigenvalue weighted by molar-refractivity contribution is 6.76. The van der Waals surface area contributed by atoms with E-state index in [1.165, 1.54) is 0 Å². The number of amides is 1. The molecule has 0 atom stereocenters. The van der Waals surface area contributed by atoms with Crippen LogP contribution in [0.2, 0.25) is 0 Å². The Morgan fingerprint density at radius 1 is 1.08 bits per heavy atom. The molecule has 0 spiro atoms. The van der Waals surface area contributed by atoms with Gasteiger partial charge in [-0.15, -0.1) is 0 Å². The summed E-state index contributed by atoms with van der Waals surface area (Å²) in [6.45, 7) is 1.43. The van der Waals surface area contributed by atoms with Crippen LogP contribution in [0.1, 0.15) is 19.3 Å². The first-order chi connectivity index (χ1) is 5.52. The Balaban J connectivity index is 2.51. The zero-order valence-electron chi connectivity index (χ0n) is 6.52. The number of hydrogen-bond acceptors (Lipinski definition) is 1. The van der Waals surface area contributed by atoms with E-state index in [4.69, 9.17) is 34.8 Å². The molecule has 70 valence electrons. The molecule has 0 aromatic carbocycles. The fraction of sp³-hybridized carbons (Fsp3) is 0.857. The predicted molar refractivity (Wildman–Crippen MR) is 50.7 cm³/mol. The van der Waals surface area contributed by atoms with Gasteiger partial charge < -0.3 is 4.90 Å². The number of carbonyl (C=O) groups excluding carboxylic acids is 1. The van der Waals surface area contributed by atoms with Crippen molar-refractivity contribution in [3.8, 4) is 0 Å². The van der Waals surface area contributed by atoms with E-state index in [1.54, 1.807) is 4.90 Å². The summed E-state index contributed by atoms with van der Waals surface area (Å²) in [6.07, 6.45) is 3.17. The highest BCUT2D eigenvalue weighted by atomic mass is 35.6. The fourth-order valence-electron chi connectivity index (χ4n) is 1.28. The molecule has 0 radical (unpaired) electrons. The second-order valence-electron chi connectivity index (χ2n) is 2.85. The van der Waals surface area contributed by atoms with Gasteiger partial charge in [0.05, 0.1) is 0 Å². The third-order valence-electron chi connectivity index (χ3n) is 1.89. The van der Waals surface area contributed by atoms with Crippen molar-refractivity contribution in [2.24, 2.45) is 0 Å². The number of carbonyl (C=O) groups is 1. The Morgan fingerprint density at radius 3 is 2.00 bits per heavy atom. The molecule has 0 unspecified atom stereocenters. The van der Waals surface area contributed by atoms with E-state index < -0.39 is 9.70 Å². The average molecular weight is 231 g/mol. The maximum atomic E-state index is 11.3. The molecule has 12 heavy (non-hydrogen) atoms. The van der Waals surface area contributed by atoms with Gasteiger partial charge >= 0.3 is 0 Å². The van der Waals surface area contributed by atoms with Gasteiger partial charge in [-0.3, -0.25) is 4.79 Å². The molecule has 0 saturated carbocycles. The van der Waals surface area contributed by atoms with E-state index in [0.717, 1.165) is 19.3 Å². The molecule has 0 aromatic rings. The molecule has 1 heterocycles. The van der Waals surface area contributed by atoms with Crippen LogP contribution in [0.4, 0.5) is 0 Å². The summed E-state index contributed by atoms with van der Waals surface area (Å²) in [4.78, 5) is 13.0. The largest absolute Gasteiger partial charge is 0.339 e. The molecule has 1 amide bonds. The minimum Gasteiger partial charge on any atom is -0.339 e. The summed E-state index contributed by atoms with van der Waals surface area (Å²) < 4.78 is -1.78. The van der Waals surface area contributed by atoms with E-state index in [-0.39, 0.29) is 0 Å². The minimum atomic E-state index is -1.78. The fourth-order valence-corrected chi connectivity index (χ4v) is 1.63. The number of piperidine rings is 1. The van der Waals surface area contributed by atoms with Gasteiger partial charge in [0.1, 0.15) is 0 Å². The molecule has 0 N–H and O–H groups in total. The molecule has 0 aliphatic carbocycles. The first kappa shape index (κ1) is 10.4. The van der Waals surface area contributed by atoms with E-state index in [2.05, 4.69) is 0 Å². The second kappa shape index (κ2) is 4.03. The van der Waals surface area contributed by atoms with Gasteiger partial charge in [0, 0.05) is 13.1 Å². The summed E-state index contributed by atoms with van der Waals surface area (Å²) in [5, 5.41) is 0. The first-order valence-corrected chi connectivity index (χ1v) is 5.01. The van der Waals surface area contributed by atoms with Crippen molar-refractivity contribution in [3.63, 3.8) is 0 Å². The lowest BCUT2D eigenvalue weighted by Crippen LogP contribution is -2.42. The van der Waals surface area contributed by atoms with E-state index >= 15 is 0 Å². The third-order valence-corrected chi connectivity index (χ3v) is 2.37. The van der Waals surface area contributed by atoms with Crippen LogP contribution in [0.25, 0.3) is 0 Å². The van der Waals surface area contributed by atoms with Gasteiger partial charge in [-0.2, -0.15) is 0 Å². The van der Waals surface area contributed by atoms with Crippen LogP contribution in [0.15, 0.2) is 0 Å². The highest BCUT2D eigenvalue weighted by Gasteiger charge is 2.35. The monoisotopic (exact) mass is 229 g/mol. The van der Waals surface area contributed by atoms with Gasteiger partial charge in [0.15, 0.2) is 0 Å². The average Bonchev–Trinajstić information content (AvgIpc) is 2.03. The lowest BCUT2D eigenvalue weighted by atomic mass is 10.1. The molecule has 5 heteroatoms. The molecule has 0 bridgehead atoms. The number of hydrogen-bond donors (Lipinski definition) is 0. The van der Waals surface area contributed by atoms with E-state index in [0.29, 0.717) is 13.1 Å². The van der Waals surface area contributed by atoms with Crippen LogP contribution in [0.5, 0.6) is 0 Å². The normalized spacial score (nSPS) is 19.4. The van der Waals surface area contributed by atoms with Crippen molar-refractivity contribution >= 4 is 40.7 Å². The Morgan fingerprint density at radius 2 is 1.58 bits per heavy atom. The Hall–Kier alpha value is 0.340. The Labute approximate surface area is 86.8 Å². The van der Waals surface area contributed by atoms with Gasteiger partial charge in [-0.1, -0.05) is 34.8 Å². The van der Waals surface area contributed by atoms with Crippen molar-refractivity contribution < 1.29 is 4.79 Å². The van der Waals surface area contributed by atoms with Crippen LogP contribution >= 0.6 is 34.8 Å². The summed E-state index contributed by atoms with van der Waals surface area (Å²) in [6, 6.07) is 0. The molecule has 1 saturated heterocycles. The molecular formula is C7H10Cl3NO. The number of likely N-dealkylation sites (tertiary alicyclic amines) is 1. The van der Waals surface area contributed by atoms with Crippen molar-refractivity contribution in [1.29, 1.82) is 0 Å². The summed E-state index contributed by atoms with van der Waals surface area (Å²) in [5.41, 5.74) is 0. The van der Waals surface area contributed by atoms with Crippen LogP contribution in [-0.4, -0.2) is 27.7 Å². The summed E-state index contributed by atoms with van der Waals surface area (Å²) >= 11 is 16.4.